The van der Waals surface area contributed by atoms with E-state index in [1.165, 1.54) is 13.3 Å². The number of methoxy groups -OCH3 is 1. The van der Waals surface area contributed by atoms with Crippen molar-refractivity contribution in [3.05, 3.63) is 23.9 Å². The summed E-state index contributed by atoms with van der Waals surface area (Å²) in [5.74, 6) is -1.85. The second-order valence-electron chi connectivity index (χ2n) is 2.54. The average Bonchev–Trinajstić information content (AvgIpc) is 2.53. The van der Waals surface area contributed by atoms with Crippen LogP contribution in [0.3, 0.4) is 0 Å². The van der Waals surface area contributed by atoms with E-state index in [-0.39, 0.29) is 11.1 Å². The Hall–Kier alpha value is -1.65. The van der Waals surface area contributed by atoms with E-state index in [4.69, 9.17) is 0 Å². The number of nitrogens with one attached hydrogen (secondary N) is 1. The van der Waals surface area contributed by atoms with Crippen LogP contribution in [0.5, 0.6) is 5.75 Å². The molecule has 0 aliphatic carbocycles. The van der Waals surface area contributed by atoms with Gasteiger partial charge in [-0.3, -0.25) is 5.10 Å². The van der Waals surface area contributed by atoms with Gasteiger partial charge < -0.3 is 4.74 Å². The van der Waals surface area contributed by atoms with Crippen molar-refractivity contribution in [3.8, 4) is 5.75 Å². The van der Waals surface area contributed by atoms with Crippen LogP contribution < -0.4 is 4.74 Å². The van der Waals surface area contributed by atoms with E-state index in [0.29, 0.717) is 5.52 Å². The monoisotopic (exact) mass is 184 g/mol. The van der Waals surface area contributed by atoms with Gasteiger partial charge in [-0.05, 0) is 0 Å². The number of nitrogens with zero attached hydrogens (tertiary/aromatic N) is 1. The van der Waals surface area contributed by atoms with Gasteiger partial charge in [0.1, 0.15) is 0 Å². The van der Waals surface area contributed by atoms with Gasteiger partial charge in [-0.2, -0.15) is 5.10 Å². The van der Waals surface area contributed by atoms with Crippen molar-refractivity contribution < 1.29 is 13.5 Å². The maximum Gasteiger partial charge on any atom is 0.191 e. The molecule has 1 heterocycles. The summed E-state index contributed by atoms with van der Waals surface area (Å²) in [6.45, 7) is 0. The molecule has 1 aromatic heterocycles. The summed E-state index contributed by atoms with van der Waals surface area (Å²) in [5, 5.41) is 6.28. The lowest BCUT2D eigenvalue weighted by Crippen LogP contribution is -1.92. The molecule has 3 nitrogen and oxygen atoms in total. The Morgan fingerprint density at radius 2 is 2.23 bits per heavy atom. The Kier molecular flexibility index (Phi) is 1.65. The van der Waals surface area contributed by atoms with Crippen molar-refractivity contribution in [3.63, 3.8) is 0 Å². The van der Waals surface area contributed by atoms with Crippen LogP contribution in [0.2, 0.25) is 0 Å². The van der Waals surface area contributed by atoms with Crippen LogP contribution in [0.15, 0.2) is 12.3 Å². The predicted octanol–water partition coefficient (Wildman–Crippen LogP) is 1.85. The highest BCUT2D eigenvalue weighted by molar-refractivity contribution is 5.80. The number of ether oxygens (including phenoxy) is 1. The molecule has 0 saturated carbocycles. The fraction of sp³-hybridized carbons (Fsp3) is 0.125. The number of halogens is 2. The zero-order chi connectivity index (χ0) is 9.42. The van der Waals surface area contributed by atoms with Crippen molar-refractivity contribution in [2.24, 2.45) is 0 Å². The molecule has 1 aromatic carbocycles. The molecule has 0 radical (unpaired) electrons. The van der Waals surface area contributed by atoms with Gasteiger partial charge in [0.2, 0.25) is 0 Å². The highest BCUT2D eigenvalue weighted by Gasteiger charge is 2.14. The minimum absolute atomic E-state index is 0.221. The number of rotatable bonds is 1. The Balaban J connectivity index is 2.85. The number of benzene rings is 1. The second-order valence-corrected chi connectivity index (χ2v) is 2.54. The minimum atomic E-state index is -0.739. The molecule has 0 bridgehead atoms. The minimum Gasteiger partial charge on any atom is -0.491 e. The smallest absolute Gasteiger partial charge is 0.191 e. The first-order valence-corrected chi connectivity index (χ1v) is 3.59. The van der Waals surface area contributed by atoms with Gasteiger partial charge in [-0.1, -0.05) is 0 Å². The predicted molar refractivity (Wildman–Crippen MR) is 42.6 cm³/mol. The van der Waals surface area contributed by atoms with Gasteiger partial charge in [0.05, 0.1) is 24.2 Å². The van der Waals surface area contributed by atoms with E-state index in [2.05, 4.69) is 14.9 Å². The number of fused-ring (bicyclic) bond motifs is 1. The van der Waals surface area contributed by atoms with Gasteiger partial charge >= 0.3 is 0 Å². The van der Waals surface area contributed by atoms with E-state index in [9.17, 15) is 8.78 Å². The van der Waals surface area contributed by atoms with Gasteiger partial charge in [0.15, 0.2) is 17.4 Å². The third kappa shape index (κ3) is 1.04. The zero-order valence-electron chi connectivity index (χ0n) is 6.77. The molecule has 0 fully saturated rings. The summed E-state index contributed by atoms with van der Waals surface area (Å²) in [6.07, 6.45) is 1.28. The lowest BCUT2D eigenvalue weighted by molar-refractivity contribution is 0.362. The van der Waals surface area contributed by atoms with E-state index in [1.807, 2.05) is 0 Å². The Bertz CT molecular complexity index is 453. The second kappa shape index (κ2) is 2.69. The molecule has 0 amide bonds. The maximum absolute atomic E-state index is 13.3. The molecule has 0 aliphatic rings. The number of hydrogen-bond donors (Lipinski definition) is 1. The highest BCUT2D eigenvalue weighted by Crippen LogP contribution is 2.27. The van der Waals surface area contributed by atoms with Gasteiger partial charge in [-0.25, -0.2) is 8.78 Å². The van der Waals surface area contributed by atoms with Gasteiger partial charge in [0.25, 0.3) is 0 Å². The standard InChI is InChI=1S/C8H6F2N2O/c1-13-8-5(9)2-6-4(7(8)10)3-11-12-6/h2-3H,1H3,(H,11,12). The summed E-state index contributed by atoms with van der Waals surface area (Å²) >= 11 is 0. The largest absolute Gasteiger partial charge is 0.491 e. The summed E-state index contributed by atoms with van der Waals surface area (Å²) in [4.78, 5) is 0. The number of aromatic nitrogens is 2. The number of hydrogen-bond acceptors (Lipinski definition) is 2. The summed E-state index contributed by atoms with van der Waals surface area (Å²) in [6, 6.07) is 1.14. The number of aromatic amines is 1. The molecule has 0 saturated heterocycles. The first-order chi connectivity index (χ1) is 6.24. The molecule has 13 heavy (non-hydrogen) atoms. The van der Waals surface area contributed by atoms with E-state index in [1.54, 1.807) is 0 Å². The van der Waals surface area contributed by atoms with Crippen LogP contribution in [-0.4, -0.2) is 17.3 Å². The average molecular weight is 184 g/mol. The molecule has 68 valence electrons. The van der Waals surface area contributed by atoms with Crippen LogP contribution >= 0.6 is 0 Å². The quantitative estimate of drug-likeness (QED) is 0.734. The summed E-state index contributed by atoms with van der Waals surface area (Å²) in [7, 11) is 1.22. The third-order valence-electron chi connectivity index (χ3n) is 1.80. The molecular formula is C8H6F2N2O. The fourth-order valence-electron chi connectivity index (χ4n) is 1.19. The summed E-state index contributed by atoms with van der Waals surface area (Å²) < 4.78 is 30.9. The number of H-pyrrole nitrogens is 1. The van der Waals surface area contributed by atoms with Crippen molar-refractivity contribution in [1.29, 1.82) is 0 Å². The van der Waals surface area contributed by atoms with E-state index >= 15 is 0 Å². The molecule has 0 unspecified atom stereocenters. The molecule has 0 spiro atoms. The normalized spacial score (nSPS) is 10.7. The van der Waals surface area contributed by atoms with Crippen LogP contribution in [0, 0.1) is 11.6 Å². The molecule has 0 atom stereocenters. The lowest BCUT2D eigenvalue weighted by atomic mass is 10.2. The Morgan fingerprint density at radius 1 is 1.46 bits per heavy atom. The van der Waals surface area contributed by atoms with Crippen LogP contribution in [0.25, 0.3) is 10.9 Å². The topological polar surface area (TPSA) is 37.9 Å². The molecule has 2 aromatic rings. The van der Waals surface area contributed by atoms with Crippen molar-refractivity contribution >= 4 is 10.9 Å². The van der Waals surface area contributed by atoms with Crippen LogP contribution in [0.4, 0.5) is 8.78 Å². The van der Waals surface area contributed by atoms with Crippen molar-refractivity contribution in [2.45, 2.75) is 0 Å². The maximum atomic E-state index is 13.3. The van der Waals surface area contributed by atoms with E-state index < -0.39 is 11.6 Å². The molecule has 5 heteroatoms. The molecular weight excluding hydrogens is 178 g/mol. The van der Waals surface area contributed by atoms with Crippen molar-refractivity contribution in [1.82, 2.24) is 10.2 Å². The first kappa shape index (κ1) is 7.97. The van der Waals surface area contributed by atoms with Crippen molar-refractivity contribution in [2.75, 3.05) is 7.11 Å². The molecule has 1 N–H and O–H groups in total. The third-order valence-corrected chi connectivity index (χ3v) is 1.80. The summed E-state index contributed by atoms with van der Waals surface area (Å²) in [5.41, 5.74) is 0.316. The van der Waals surface area contributed by atoms with Gasteiger partial charge in [0, 0.05) is 6.07 Å². The first-order valence-electron chi connectivity index (χ1n) is 3.59. The Labute approximate surface area is 72.3 Å². The Morgan fingerprint density at radius 3 is 2.92 bits per heavy atom. The van der Waals surface area contributed by atoms with Crippen LogP contribution in [0.1, 0.15) is 0 Å². The van der Waals surface area contributed by atoms with E-state index in [0.717, 1.165) is 6.07 Å². The zero-order valence-corrected chi connectivity index (χ0v) is 6.77. The molecule has 2 rings (SSSR count). The van der Waals surface area contributed by atoms with Gasteiger partial charge in [-0.15, -0.1) is 0 Å². The lowest BCUT2D eigenvalue weighted by Gasteiger charge is -2.02. The highest BCUT2D eigenvalue weighted by atomic mass is 19.1. The SMILES string of the molecule is COc1c(F)cc2[nH]ncc2c1F. The molecule has 0 aliphatic heterocycles. The fourth-order valence-corrected chi connectivity index (χ4v) is 1.19. The van der Waals surface area contributed by atoms with Crippen LogP contribution in [-0.2, 0) is 0 Å².